The number of hydrazine groups is 1. The van der Waals surface area contributed by atoms with Gasteiger partial charge in [-0.1, -0.05) is 6.92 Å². The Labute approximate surface area is 76.8 Å². The molecule has 1 aromatic heterocycles. The van der Waals surface area contributed by atoms with Crippen molar-refractivity contribution in [3.63, 3.8) is 0 Å². The third-order valence-corrected chi connectivity index (χ3v) is 3.48. The summed E-state index contributed by atoms with van der Waals surface area (Å²) >= 11 is 1.73. The van der Waals surface area contributed by atoms with Crippen LogP contribution >= 0.6 is 11.3 Å². The molecule has 1 aliphatic rings. The molecule has 1 saturated carbocycles. The van der Waals surface area contributed by atoms with Gasteiger partial charge in [0.15, 0.2) is 0 Å². The Balaban J connectivity index is 2.19. The highest BCUT2D eigenvalue weighted by Crippen LogP contribution is 2.54. The molecule has 1 fully saturated rings. The number of nitrogens with two attached hydrogens (primary N) is 1. The average Bonchev–Trinajstić information content (AvgIpc) is 2.63. The van der Waals surface area contributed by atoms with Gasteiger partial charge in [0.1, 0.15) is 0 Å². The molecule has 1 atom stereocenters. The highest BCUT2D eigenvalue weighted by atomic mass is 32.1. The van der Waals surface area contributed by atoms with E-state index < -0.39 is 0 Å². The molecule has 66 valence electrons. The van der Waals surface area contributed by atoms with Crippen LogP contribution in [-0.2, 0) is 0 Å². The standard InChI is InChI=1S/C9H14N2S/c1-9(3-4-9)8(11-10)7-2-5-12-6-7/h2,5-6,8,11H,3-4,10H2,1H3. The largest absolute Gasteiger partial charge is 0.271 e. The van der Waals surface area contributed by atoms with Crippen molar-refractivity contribution in [1.29, 1.82) is 0 Å². The van der Waals surface area contributed by atoms with Crippen molar-refractivity contribution in [3.05, 3.63) is 22.4 Å². The third kappa shape index (κ3) is 1.28. The molecule has 1 aliphatic carbocycles. The summed E-state index contributed by atoms with van der Waals surface area (Å²) in [6.07, 6.45) is 2.58. The van der Waals surface area contributed by atoms with Crippen molar-refractivity contribution >= 4 is 11.3 Å². The van der Waals surface area contributed by atoms with Crippen LogP contribution < -0.4 is 11.3 Å². The molecule has 0 spiro atoms. The van der Waals surface area contributed by atoms with Crippen molar-refractivity contribution in [3.8, 4) is 0 Å². The van der Waals surface area contributed by atoms with Gasteiger partial charge in [0.05, 0.1) is 6.04 Å². The van der Waals surface area contributed by atoms with Crippen molar-refractivity contribution < 1.29 is 0 Å². The summed E-state index contributed by atoms with van der Waals surface area (Å²) in [7, 11) is 0. The van der Waals surface area contributed by atoms with E-state index in [9.17, 15) is 0 Å². The molecule has 3 heteroatoms. The van der Waals surface area contributed by atoms with E-state index in [0.717, 1.165) is 0 Å². The van der Waals surface area contributed by atoms with E-state index in [1.54, 1.807) is 11.3 Å². The van der Waals surface area contributed by atoms with Gasteiger partial charge in [-0.2, -0.15) is 11.3 Å². The van der Waals surface area contributed by atoms with Crippen LogP contribution in [0.2, 0.25) is 0 Å². The van der Waals surface area contributed by atoms with Crippen molar-refractivity contribution in [2.24, 2.45) is 11.3 Å². The number of rotatable bonds is 3. The molecule has 1 unspecified atom stereocenters. The normalized spacial score (nSPS) is 22.2. The Kier molecular flexibility index (Phi) is 1.94. The molecular formula is C9H14N2S. The third-order valence-electron chi connectivity index (χ3n) is 2.78. The zero-order valence-electron chi connectivity index (χ0n) is 7.21. The molecule has 0 aliphatic heterocycles. The van der Waals surface area contributed by atoms with Crippen molar-refractivity contribution in [1.82, 2.24) is 5.43 Å². The van der Waals surface area contributed by atoms with E-state index >= 15 is 0 Å². The first-order valence-corrected chi connectivity index (χ1v) is 5.19. The Morgan fingerprint density at radius 1 is 1.67 bits per heavy atom. The molecule has 0 aromatic carbocycles. The summed E-state index contributed by atoms with van der Waals surface area (Å²) in [6.45, 7) is 2.29. The lowest BCUT2D eigenvalue weighted by atomic mass is 9.94. The minimum absolute atomic E-state index is 0.351. The van der Waals surface area contributed by atoms with Crippen LogP contribution in [0.5, 0.6) is 0 Å². The van der Waals surface area contributed by atoms with E-state index in [0.29, 0.717) is 11.5 Å². The first-order valence-electron chi connectivity index (χ1n) is 4.24. The summed E-state index contributed by atoms with van der Waals surface area (Å²) in [6, 6.07) is 2.50. The summed E-state index contributed by atoms with van der Waals surface area (Å²) in [4.78, 5) is 0. The molecule has 3 N–H and O–H groups in total. The molecule has 0 radical (unpaired) electrons. The second-order valence-corrected chi connectivity index (χ2v) is 4.59. The highest BCUT2D eigenvalue weighted by molar-refractivity contribution is 7.07. The zero-order chi connectivity index (χ0) is 8.60. The average molecular weight is 182 g/mol. The lowest BCUT2D eigenvalue weighted by molar-refractivity contribution is 0.373. The van der Waals surface area contributed by atoms with Crippen LogP contribution in [0.15, 0.2) is 16.8 Å². The molecule has 2 rings (SSSR count). The SMILES string of the molecule is CC1(C(NN)c2ccsc2)CC1. The van der Waals surface area contributed by atoms with Gasteiger partial charge in [-0.15, -0.1) is 0 Å². The van der Waals surface area contributed by atoms with Gasteiger partial charge in [0.2, 0.25) is 0 Å². The smallest absolute Gasteiger partial charge is 0.0521 e. The Bertz CT molecular complexity index is 252. The second-order valence-electron chi connectivity index (χ2n) is 3.81. The lowest BCUT2D eigenvalue weighted by Gasteiger charge is -2.21. The summed E-state index contributed by atoms with van der Waals surface area (Å²) < 4.78 is 0. The Hall–Kier alpha value is -0.380. The molecule has 1 aromatic rings. The fourth-order valence-electron chi connectivity index (χ4n) is 1.62. The predicted octanol–water partition coefficient (Wildman–Crippen LogP) is 2.05. The fourth-order valence-corrected chi connectivity index (χ4v) is 2.31. The summed E-state index contributed by atoms with van der Waals surface area (Å²) in [5.41, 5.74) is 4.66. The van der Waals surface area contributed by atoms with E-state index in [4.69, 9.17) is 5.84 Å². The second kappa shape index (κ2) is 2.83. The molecule has 0 bridgehead atoms. The maximum atomic E-state index is 5.54. The van der Waals surface area contributed by atoms with Crippen molar-refractivity contribution in [2.75, 3.05) is 0 Å². The number of thiophene rings is 1. The highest BCUT2D eigenvalue weighted by Gasteiger charge is 2.45. The number of hydrogen-bond donors (Lipinski definition) is 2. The van der Waals surface area contributed by atoms with Gasteiger partial charge in [-0.25, -0.2) is 0 Å². The fraction of sp³-hybridized carbons (Fsp3) is 0.556. The summed E-state index contributed by atoms with van der Waals surface area (Å²) in [5.74, 6) is 5.54. The molecule has 0 saturated heterocycles. The minimum Gasteiger partial charge on any atom is -0.271 e. The van der Waals surface area contributed by atoms with Crippen LogP contribution in [0.25, 0.3) is 0 Å². The van der Waals surface area contributed by atoms with E-state index in [1.807, 2.05) is 0 Å². The van der Waals surface area contributed by atoms with Gasteiger partial charge < -0.3 is 0 Å². The topological polar surface area (TPSA) is 38.0 Å². The van der Waals surface area contributed by atoms with E-state index in [-0.39, 0.29) is 0 Å². The first-order chi connectivity index (χ1) is 5.76. The quantitative estimate of drug-likeness (QED) is 0.554. The first kappa shape index (κ1) is 8.23. The molecule has 0 amide bonds. The lowest BCUT2D eigenvalue weighted by Crippen LogP contribution is -2.33. The monoisotopic (exact) mass is 182 g/mol. The van der Waals surface area contributed by atoms with Crippen LogP contribution in [0.1, 0.15) is 31.4 Å². The minimum atomic E-state index is 0.351. The van der Waals surface area contributed by atoms with Gasteiger partial charge in [0, 0.05) is 0 Å². The molecule has 1 heterocycles. The number of hydrogen-bond acceptors (Lipinski definition) is 3. The van der Waals surface area contributed by atoms with Crippen molar-refractivity contribution in [2.45, 2.75) is 25.8 Å². The Morgan fingerprint density at radius 2 is 2.42 bits per heavy atom. The van der Waals surface area contributed by atoms with Gasteiger partial charge in [-0.05, 0) is 40.6 Å². The Morgan fingerprint density at radius 3 is 2.83 bits per heavy atom. The van der Waals surface area contributed by atoms with Gasteiger partial charge in [0.25, 0.3) is 0 Å². The van der Waals surface area contributed by atoms with Crippen LogP contribution in [0, 0.1) is 5.41 Å². The maximum absolute atomic E-state index is 5.54. The van der Waals surface area contributed by atoms with Crippen LogP contribution in [0.4, 0.5) is 0 Å². The maximum Gasteiger partial charge on any atom is 0.0521 e. The molecule has 12 heavy (non-hydrogen) atoms. The van der Waals surface area contributed by atoms with Gasteiger partial charge in [-0.3, -0.25) is 11.3 Å². The molecular weight excluding hydrogens is 168 g/mol. The van der Waals surface area contributed by atoms with Crippen LogP contribution in [-0.4, -0.2) is 0 Å². The van der Waals surface area contributed by atoms with E-state index in [2.05, 4.69) is 29.2 Å². The zero-order valence-corrected chi connectivity index (χ0v) is 8.03. The van der Waals surface area contributed by atoms with Gasteiger partial charge >= 0.3 is 0 Å². The predicted molar refractivity (Wildman–Crippen MR) is 51.7 cm³/mol. The summed E-state index contributed by atoms with van der Waals surface area (Å²) in [5, 5.41) is 4.28. The van der Waals surface area contributed by atoms with E-state index in [1.165, 1.54) is 18.4 Å². The molecule has 2 nitrogen and oxygen atoms in total. The number of nitrogens with one attached hydrogen (secondary N) is 1. The van der Waals surface area contributed by atoms with Crippen LogP contribution in [0.3, 0.4) is 0 Å².